The fourth-order valence-corrected chi connectivity index (χ4v) is 4.30. The first-order valence-electron chi connectivity index (χ1n) is 11.4. The maximum atomic E-state index is 5.74. The number of guanidine groups is 1. The second-order valence-corrected chi connectivity index (χ2v) is 8.67. The van der Waals surface area contributed by atoms with Crippen molar-refractivity contribution in [3.8, 4) is 0 Å². The summed E-state index contributed by atoms with van der Waals surface area (Å²) in [5.41, 5.74) is 1.00. The number of rotatable bonds is 8. The summed E-state index contributed by atoms with van der Waals surface area (Å²) in [5, 5.41) is 7.18. The van der Waals surface area contributed by atoms with Gasteiger partial charge in [0, 0.05) is 46.4 Å². The molecule has 8 nitrogen and oxygen atoms in total. The molecule has 1 aromatic heterocycles. The molecule has 0 aliphatic carbocycles. The lowest BCUT2D eigenvalue weighted by molar-refractivity contribution is 0.128. The smallest absolute Gasteiger partial charge is 0.208 e. The maximum Gasteiger partial charge on any atom is 0.208 e. The van der Waals surface area contributed by atoms with Crippen molar-refractivity contribution in [1.29, 1.82) is 0 Å². The molecule has 30 heavy (non-hydrogen) atoms. The Morgan fingerprint density at radius 2 is 1.83 bits per heavy atom. The van der Waals surface area contributed by atoms with Gasteiger partial charge in [0.15, 0.2) is 5.96 Å². The predicted octanol–water partition coefficient (Wildman–Crippen LogP) is 1.78. The summed E-state index contributed by atoms with van der Waals surface area (Å²) in [5.74, 6) is 3.41. The number of aryl methyl sites for hydroxylation is 2. The zero-order chi connectivity index (χ0) is 21.3. The van der Waals surface area contributed by atoms with Crippen LogP contribution in [0.2, 0.25) is 0 Å². The first-order valence-corrected chi connectivity index (χ1v) is 11.4. The van der Waals surface area contributed by atoms with Crippen molar-refractivity contribution in [3.05, 3.63) is 17.3 Å². The number of nitrogens with one attached hydrogen (secondary N) is 2. The lowest BCUT2D eigenvalue weighted by Crippen LogP contribution is -2.50. The molecule has 8 heteroatoms. The second-order valence-electron chi connectivity index (χ2n) is 8.67. The van der Waals surface area contributed by atoms with Crippen LogP contribution in [0.25, 0.3) is 0 Å². The molecule has 3 heterocycles. The predicted molar refractivity (Wildman–Crippen MR) is 120 cm³/mol. The van der Waals surface area contributed by atoms with Gasteiger partial charge in [0.2, 0.25) is 5.89 Å². The summed E-state index contributed by atoms with van der Waals surface area (Å²) in [7, 11) is 3.64. The van der Waals surface area contributed by atoms with E-state index in [1.54, 1.807) is 7.11 Å². The molecule has 2 N–H and O–H groups in total. The largest absolute Gasteiger partial charge is 0.444 e. The Kier molecular flexibility index (Phi) is 8.96. The van der Waals surface area contributed by atoms with Crippen molar-refractivity contribution in [3.63, 3.8) is 0 Å². The minimum Gasteiger partial charge on any atom is -0.444 e. The van der Waals surface area contributed by atoms with Crippen LogP contribution in [0.4, 0.5) is 0 Å². The number of aliphatic imine (C=N–C) groups is 1. The summed E-state index contributed by atoms with van der Waals surface area (Å²) >= 11 is 0. The maximum absolute atomic E-state index is 5.74. The van der Waals surface area contributed by atoms with Gasteiger partial charge in [-0.1, -0.05) is 0 Å². The van der Waals surface area contributed by atoms with Crippen LogP contribution in [-0.2, 0) is 11.3 Å². The van der Waals surface area contributed by atoms with Crippen molar-refractivity contribution >= 4 is 5.96 Å². The Labute approximate surface area is 181 Å². The Balaban J connectivity index is 1.32. The van der Waals surface area contributed by atoms with Gasteiger partial charge in [-0.05, 0) is 58.5 Å². The first kappa shape index (κ1) is 23.0. The molecule has 0 atom stereocenters. The molecule has 1 aromatic rings. The van der Waals surface area contributed by atoms with Crippen LogP contribution < -0.4 is 10.6 Å². The van der Waals surface area contributed by atoms with E-state index < -0.39 is 0 Å². The number of oxazole rings is 1. The third-order valence-corrected chi connectivity index (χ3v) is 6.46. The molecule has 0 amide bonds. The van der Waals surface area contributed by atoms with E-state index in [4.69, 9.17) is 9.15 Å². The number of hydrogen-bond acceptors (Lipinski definition) is 6. The molecule has 0 bridgehead atoms. The van der Waals surface area contributed by atoms with Gasteiger partial charge in [0.05, 0.1) is 18.8 Å². The molecule has 170 valence electrons. The minimum absolute atomic E-state index is 0.504. The van der Waals surface area contributed by atoms with Crippen molar-refractivity contribution in [2.24, 2.45) is 10.9 Å². The zero-order valence-electron chi connectivity index (χ0n) is 19.2. The van der Waals surface area contributed by atoms with Gasteiger partial charge in [-0.2, -0.15) is 0 Å². The van der Waals surface area contributed by atoms with Crippen molar-refractivity contribution in [2.75, 3.05) is 60.0 Å². The highest BCUT2D eigenvalue weighted by Gasteiger charge is 2.22. The molecule has 2 aliphatic rings. The quantitative estimate of drug-likeness (QED) is 0.490. The van der Waals surface area contributed by atoms with Crippen LogP contribution >= 0.6 is 0 Å². The topological polar surface area (TPSA) is 78.2 Å². The van der Waals surface area contributed by atoms with Crippen LogP contribution in [0.1, 0.15) is 43.0 Å². The number of methoxy groups -OCH3 is 1. The van der Waals surface area contributed by atoms with Crippen molar-refractivity contribution in [1.82, 2.24) is 25.4 Å². The van der Waals surface area contributed by atoms with Gasteiger partial charge in [0.1, 0.15) is 5.76 Å². The molecular weight excluding hydrogens is 380 g/mol. The number of piperidine rings is 2. The molecule has 0 aromatic carbocycles. The van der Waals surface area contributed by atoms with Gasteiger partial charge in [-0.25, -0.2) is 4.98 Å². The first-order chi connectivity index (χ1) is 14.6. The van der Waals surface area contributed by atoms with Crippen LogP contribution in [0, 0.1) is 19.8 Å². The van der Waals surface area contributed by atoms with Crippen molar-refractivity contribution in [2.45, 2.75) is 52.1 Å². The second kappa shape index (κ2) is 11.7. The van der Waals surface area contributed by atoms with E-state index in [-0.39, 0.29) is 0 Å². The van der Waals surface area contributed by atoms with Crippen LogP contribution in [0.15, 0.2) is 9.41 Å². The van der Waals surface area contributed by atoms with Gasteiger partial charge in [-0.3, -0.25) is 9.89 Å². The molecule has 2 fully saturated rings. The van der Waals surface area contributed by atoms with Crippen LogP contribution in [0.3, 0.4) is 0 Å². The highest BCUT2D eigenvalue weighted by molar-refractivity contribution is 5.79. The lowest BCUT2D eigenvalue weighted by Gasteiger charge is -2.34. The molecule has 0 saturated carbocycles. The van der Waals surface area contributed by atoms with Gasteiger partial charge < -0.3 is 24.7 Å². The average Bonchev–Trinajstić information content (AvgIpc) is 3.08. The van der Waals surface area contributed by atoms with Crippen LogP contribution in [-0.4, -0.2) is 86.8 Å². The molecule has 3 rings (SSSR count). The molecule has 0 radical (unpaired) electrons. The average molecular weight is 421 g/mol. The summed E-state index contributed by atoms with van der Waals surface area (Å²) in [4.78, 5) is 13.9. The molecule has 0 spiro atoms. The molecule has 0 unspecified atom stereocenters. The van der Waals surface area contributed by atoms with Crippen LogP contribution in [0.5, 0.6) is 0 Å². The van der Waals surface area contributed by atoms with Gasteiger partial charge >= 0.3 is 0 Å². The summed E-state index contributed by atoms with van der Waals surface area (Å²) in [6.45, 7) is 12.1. The van der Waals surface area contributed by atoms with Gasteiger partial charge in [0.25, 0.3) is 0 Å². The third kappa shape index (κ3) is 6.96. The highest BCUT2D eigenvalue weighted by Crippen LogP contribution is 2.19. The number of ether oxygens (including phenoxy) is 1. The normalized spacial score (nSPS) is 20.6. The number of likely N-dealkylation sites (tertiary alicyclic amines) is 2. The van der Waals surface area contributed by atoms with E-state index in [1.165, 1.54) is 12.8 Å². The fourth-order valence-electron chi connectivity index (χ4n) is 4.30. The Morgan fingerprint density at radius 1 is 1.13 bits per heavy atom. The summed E-state index contributed by atoms with van der Waals surface area (Å²) in [6, 6.07) is 0.504. The van der Waals surface area contributed by atoms with E-state index in [9.17, 15) is 0 Å². The minimum atomic E-state index is 0.504. The monoisotopic (exact) mass is 420 g/mol. The Hall–Kier alpha value is -1.64. The standard InChI is InChI=1S/C22H40N6O2/c1-17-18(2)30-21(25-17)16-28-9-5-19(6-10-28)15-24-22(23-3)26-20-7-11-27(12-8-20)13-14-29-4/h19-20H,5-16H2,1-4H3,(H2,23,24,26). The summed E-state index contributed by atoms with van der Waals surface area (Å²) in [6.07, 6.45) is 4.70. The number of nitrogens with zero attached hydrogens (tertiary/aromatic N) is 4. The van der Waals surface area contributed by atoms with E-state index >= 15 is 0 Å². The lowest BCUT2D eigenvalue weighted by atomic mass is 9.97. The Bertz CT molecular complexity index is 641. The van der Waals surface area contributed by atoms with Crippen molar-refractivity contribution < 1.29 is 9.15 Å². The molecular formula is C22H40N6O2. The SMILES string of the molecule is CN=C(NCC1CCN(Cc2nc(C)c(C)o2)CC1)NC1CCN(CCOC)CC1. The highest BCUT2D eigenvalue weighted by atomic mass is 16.5. The molecule has 2 aliphatic heterocycles. The fraction of sp³-hybridized carbons (Fsp3) is 0.818. The van der Waals surface area contributed by atoms with E-state index in [1.807, 2.05) is 20.9 Å². The molecule has 2 saturated heterocycles. The Morgan fingerprint density at radius 3 is 2.43 bits per heavy atom. The van der Waals surface area contributed by atoms with Gasteiger partial charge in [-0.15, -0.1) is 0 Å². The zero-order valence-corrected chi connectivity index (χ0v) is 19.2. The number of hydrogen-bond donors (Lipinski definition) is 2. The number of aromatic nitrogens is 1. The van der Waals surface area contributed by atoms with E-state index in [0.29, 0.717) is 12.0 Å². The van der Waals surface area contributed by atoms with E-state index in [0.717, 1.165) is 88.6 Å². The third-order valence-electron chi connectivity index (χ3n) is 6.46. The summed E-state index contributed by atoms with van der Waals surface area (Å²) < 4.78 is 10.9. The van der Waals surface area contributed by atoms with E-state index in [2.05, 4.69) is 30.4 Å².